The van der Waals surface area contributed by atoms with Crippen molar-refractivity contribution in [3.05, 3.63) is 48.4 Å². The zero-order valence-corrected chi connectivity index (χ0v) is 13.2. The molecule has 0 spiro atoms. The Kier molecular flexibility index (Phi) is 4.99. The molecule has 1 aromatic carbocycles. The van der Waals surface area contributed by atoms with E-state index in [-0.39, 0.29) is 23.4 Å². The Balaban J connectivity index is 1.92. The number of benzene rings is 1. The zero-order chi connectivity index (χ0) is 16.2. The van der Waals surface area contributed by atoms with E-state index in [4.69, 9.17) is 4.42 Å². The molecule has 1 aromatic heterocycles. The molecule has 2 rings (SSSR count). The summed E-state index contributed by atoms with van der Waals surface area (Å²) in [6.45, 7) is 1.97. The Hall–Kier alpha value is -2.12. The van der Waals surface area contributed by atoms with E-state index in [1.807, 2.05) is 13.0 Å². The lowest BCUT2D eigenvalue weighted by atomic mass is 10.2. The number of hydrogen-bond donors (Lipinski definition) is 2. The number of hydrogen-bond acceptors (Lipinski definition) is 5. The molecule has 0 fully saturated rings. The fourth-order valence-electron chi connectivity index (χ4n) is 1.89. The van der Waals surface area contributed by atoms with Crippen LogP contribution < -0.4 is 10.6 Å². The minimum atomic E-state index is -3.30. The molecular weight excluding hydrogens is 304 g/mol. The van der Waals surface area contributed by atoms with Crippen molar-refractivity contribution in [2.45, 2.75) is 17.9 Å². The summed E-state index contributed by atoms with van der Waals surface area (Å²) in [6, 6.07) is 9.66. The molecular formula is C15H18N2O4S. The van der Waals surface area contributed by atoms with Gasteiger partial charge in [0.15, 0.2) is 9.84 Å². The van der Waals surface area contributed by atoms with Gasteiger partial charge in [0, 0.05) is 11.9 Å². The van der Waals surface area contributed by atoms with Crippen molar-refractivity contribution in [2.75, 3.05) is 18.1 Å². The second kappa shape index (κ2) is 6.76. The quantitative estimate of drug-likeness (QED) is 0.849. The molecule has 1 atom stereocenters. The average molecular weight is 322 g/mol. The van der Waals surface area contributed by atoms with E-state index in [1.54, 1.807) is 24.5 Å². The standard InChI is InChI=1S/C15H18N2O4S/c1-11(14-7-4-8-21-14)16-10-15(18)17-12-5-3-6-13(9-12)22(2,19)20/h3-9,11,16H,10H2,1-2H3,(H,17,18)/t11-/m1/s1. The number of anilines is 1. The lowest BCUT2D eigenvalue weighted by Gasteiger charge is -2.11. The highest BCUT2D eigenvalue weighted by Gasteiger charge is 2.11. The Morgan fingerprint density at radius 3 is 2.68 bits per heavy atom. The van der Waals surface area contributed by atoms with Crippen molar-refractivity contribution in [1.29, 1.82) is 0 Å². The Bertz CT molecular complexity index is 739. The molecule has 2 N–H and O–H groups in total. The summed E-state index contributed by atoms with van der Waals surface area (Å²) in [5.74, 6) is 0.482. The first-order valence-corrected chi connectivity index (χ1v) is 8.62. The summed E-state index contributed by atoms with van der Waals surface area (Å²) < 4.78 is 28.2. The van der Waals surface area contributed by atoms with E-state index in [1.165, 1.54) is 12.1 Å². The van der Waals surface area contributed by atoms with Crippen LogP contribution in [0.5, 0.6) is 0 Å². The lowest BCUT2D eigenvalue weighted by Crippen LogP contribution is -2.30. The molecule has 2 aromatic rings. The highest BCUT2D eigenvalue weighted by atomic mass is 32.2. The summed E-state index contributed by atoms with van der Waals surface area (Å²) in [5, 5.41) is 5.68. The molecule has 1 heterocycles. The van der Waals surface area contributed by atoms with Crippen molar-refractivity contribution in [1.82, 2.24) is 5.32 Å². The molecule has 6 nitrogen and oxygen atoms in total. The number of carbonyl (C=O) groups is 1. The van der Waals surface area contributed by atoms with Crippen molar-refractivity contribution in [3.63, 3.8) is 0 Å². The SMILES string of the molecule is C[C@@H](NCC(=O)Nc1cccc(S(C)(=O)=O)c1)c1ccco1. The maximum Gasteiger partial charge on any atom is 0.238 e. The van der Waals surface area contributed by atoms with E-state index in [0.717, 1.165) is 12.0 Å². The van der Waals surface area contributed by atoms with E-state index < -0.39 is 9.84 Å². The van der Waals surface area contributed by atoms with Gasteiger partial charge in [0.25, 0.3) is 0 Å². The third-order valence-corrected chi connectivity index (χ3v) is 4.19. The predicted octanol–water partition coefficient (Wildman–Crippen LogP) is 1.97. The van der Waals surface area contributed by atoms with Crippen LogP contribution in [0.2, 0.25) is 0 Å². The molecule has 0 unspecified atom stereocenters. The summed E-state index contributed by atoms with van der Waals surface area (Å²) in [6.07, 6.45) is 2.70. The topological polar surface area (TPSA) is 88.4 Å². The average Bonchev–Trinajstić information content (AvgIpc) is 2.98. The van der Waals surface area contributed by atoms with Crippen LogP contribution >= 0.6 is 0 Å². The predicted molar refractivity (Wildman–Crippen MR) is 83.3 cm³/mol. The van der Waals surface area contributed by atoms with Gasteiger partial charge in [-0.05, 0) is 37.3 Å². The van der Waals surface area contributed by atoms with Gasteiger partial charge in [0.1, 0.15) is 5.76 Å². The van der Waals surface area contributed by atoms with Crippen molar-refractivity contribution in [3.8, 4) is 0 Å². The van der Waals surface area contributed by atoms with Crippen molar-refractivity contribution < 1.29 is 17.6 Å². The van der Waals surface area contributed by atoms with Crippen LogP contribution in [0, 0.1) is 0 Å². The molecule has 0 bridgehead atoms. The van der Waals surface area contributed by atoms with Gasteiger partial charge in [-0.25, -0.2) is 8.42 Å². The maximum absolute atomic E-state index is 11.9. The van der Waals surface area contributed by atoms with Gasteiger partial charge in [-0.1, -0.05) is 6.07 Å². The van der Waals surface area contributed by atoms with E-state index in [2.05, 4.69) is 10.6 Å². The monoisotopic (exact) mass is 322 g/mol. The van der Waals surface area contributed by atoms with Crippen LogP contribution in [0.4, 0.5) is 5.69 Å². The largest absolute Gasteiger partial charge is 0.468 e. The third-order valence-electron chi connectivity index (χ3n) is 3.08. The van der Waals surface area contributed by atoms with Crippen molar-refractivity contribution >= 4 is 21.4 Å². The highest BCUT2D eigenvalue weighted by molar-refractivity contribution is 7.90. The number of rotatable bonds is 6. The number of sulfone groups is 1. The van der Waals surface area contributed by atoms with Crippen LogP contribution in [-0.4, -0.2) is 27.1 Å². The Morgan fingerprint density at radius 2 is 2.05 bits per heavy atom. The number of amides is 1. The van der Waals surface area contributed by atoms with Gasteiger partial charge in [-0.15, -0.1) is 0 Å². The van der Waals surface area contributed by atoms with Crippen molar-refractivity contribution in [2.24, 2.45) is 0 Å². The lowest BCUT2D eigenvalue weighted by molar-refractivity contribution is -0.115. The molecule has 1 amide bonds. The fourth-order valence-corrected chi connectivity index (χ4v) is 2.56. The van der Waals surface area contributed by atoms with Crippen LogP contribution in [0.1, 0.15) is 18.7 Å². The first-order valence-electron chi connectivity index (χ1n) is 6.73. The van der Waals surface area contributed by atoms with Crippen LogP contribution in [0.25, 0.3) is 0 Å². The summed E-state index contributed by atoms with van der Waals surface area (Å²) in [4.78, 5) is 12.1. The molecule has 118 valence electrons. The van der Waals surface area contributed by atoms with Crippen LogP contribution in [-0.2, 0) is 14.6 Å². The molecule has 0 aliphatic carbocycles. The second-order valence-corrected chi connectivity index (χ2v) is 6.98. The van der Waals surface area contributed by atoms with Gasteiger partial charge in [-0.2, -0.15) is 0 Å². The second-order valence-electron chi connectivity index (χ2n) is 4.97. The number of nitrogens with one attached hydrogen (secondary N) is 2. The first-order chi connectivity index (χ1) is 10.4. The molecule has 0 saturated heterocycles. The minimum absolute atomic E-state index is 0.0883. The van der Waals surface area contributed by atoms with E-state index in [9.17, 15) is 13.2 Å². The van der Waals surface area contributed by atoms with Gasteiger partial charge in [0.05, 0.1) is 23.7 Å². The summed E-state index contributed by atoms with van der Waals surface area (Å²) in [5.41, 5.74) is 0.445. The van der Waals surface area contributed by atoms with E-state index >= 15 is 0 Å². The molecule has 7 heteroatoms. The summed E-state index contributed by atoms with van der Waals surface area (Å²) in [7, 11) is -3.30. The van der Waals surface area contributed by atoms with Crippen LogP contribution in [0.15, 0.2) is 52.0 Å². The molecule has 22 heavy (non-hydrogen) atoms. The minimum Gasteiger partial charge on any atom is -0.468 e. The number of furan rings is 1. The maximum atomic E-state index is 11.9. The van der Waals surface area contributed by atoms with Gasteiger partial charge in [-0.3, -0.25) is 10.1 Å². The van der Waals surface area contributed by atoms with Crippen LogP contribution in [0.3, 0.4) is 0 Å². The third kappa shape index (κ3) is 4.44. The Morgan fingerprint density at radius 1 is 1.27 bits per heavy atom. The Labute approximate surface area is 129 Å². The number of carbonyl (C=O) groups excluding carboxylic acids is 1. The highest BCUT2D eigenvalue weighted by Crippen LogP contribution is 2.15. The van der Waals surface area contributed by atoms with Gasteiger partial charge >= 0.3 is 0 Å². The molecule has 0 aliphatic rings. The first kappa shape index (κ1) is 16.3. The summed E-state index contributed by atoms with van der Waals surface area (Å²) >= 11 is 0. The fraction of sp³-hybridized carbons (Fsp3) is 0.267. The molecule has 0 saturated carbocycles. The smallest absolute Gasteiger partial charge is 0.238 e. The van der Waals surface area contributed by atoms with E-state index in [0.29, 0.717) is 5.69 Å². The normalized spacial score (nSPS) is 12.8. The molecule has 0 aliphatic heterocycles. The van der Waals surface area contributed by atoms with Gasteiger partial charge < -0.3 is 9.73 Å². The molecule has 0 radical (unpaired) electrons. The zero-order valence-electron chi connectivity index (χ0n) is 12.4. The van der Waals surface area contributed by atoms with Gasteiger partial charge in [0.2, 0.25) is 5.91 Å².